The van der Waals surface area contributed by atoms with Gasteiger partial charge in [0.05, 0.1) is 23.8 Å². The highest BCUT2D eigenvalue weighted by atomic mass is 16.5. The second-order valence-corrected chi connectivity index (χ2v) is 5.59. The van der Waals surface area contributed by atoms with Gasteiger partial charge >= 0.3 is 0 Å². The Hall–Kier alpha value is -3.47. The Bertz CT molecular complexity index is 1090. The molecule has 2 heterocycles. The average molecular weight is 329 g/mol. The normalized spacial score (nSPS) is 10.8. The first-order valence-electron chi connectivity index (χ1n) is 7.84. The second-order valence-electron chi connectivity index (χ2n) is 5.59. The van der Waals surface area contributed by atoms with Crippen LogP contribution in [0.5, 0.6) is 5.75 Å². The summed E-state index contributed by atoms with van der Waals surface area (Å²) < 4.78 is 5.21. The van der Waals surface area contributed by atoms with E-state index in [2.05, 4.69) is 15.3 Å². The maximum absolute atomic E-state index is 12.6. The number of pyridine rings is 2. The molecule has 25 heavy (non-hydrogen) atoms. The van der Waals surface area contributed by atoms with Crippen molar-refractivity contribution in [1.82, 2.24) is 9.97 Å². The van der Waals surface area contributed by atoms with E-state index < -0.39 is 0 Å². The molecule has 0 aliphatic heterocycles. The molecule has 0 aliphatic rings. The predicted molar refractivity (Wildman–Crippen MR) is 98.0 cm³/mol. The van der Waals surface area contributed by atoms with E-state index in [1.807, 2.05) is 54.6 Å². The molecule has 0 spiro atoms. The number of fused-ring (bicyclic) bond motifs is 2. The maximum Gasteiger partial charge on any atom is 0.274 e. The maximum atomic E-state index is 12.6. The minimum absolute atomic E-state index is 0.268. The first kappa shape index (κ1) is 15.1. The highest BCUT2D eigenvalue weighted by Crippen LogP contribution is 2.22. The van der Waals surface area contributed by atoms with Crippen LogP contribution in [0.3, 0.4) is 0 Å². The van der Waals surface area contributed by atoms with Gasteiger partial charge in [-0.1, -0.05) is 24.3 Å². The average Bonchev–Trinajstić information content (AvgIpc) is 2.67. The predicted octanol–water partition coefficient (Wildman–Crippen LogP) is 4.04. The fraction of sp³-hybridized carbons (Fsp3) is 0.0500. The van der Waals surface area contributed by atoms with Gasteiger partial charge in [-0.2, -0.15) is 0 Å². The molecular weight excluding hydrogens is 314 g/mol. The smallest absolute Gasteiger partial charge is 0.274 e. The van der Waals surface area contributed by atoms with Crippen molar-refractivity contribution in [2.75, 3.05) is 12.4 Å². The first-order valence-corrected chi connectivity index (χ1v) is 7.84. The van der Waals surface area contributed by atoms with Crippen LogP contribution in [-0.2, 0) is 0 Å². The molecule has 0 bridgehead atoms. The summed E-state index contributed by atoms with van der Waals surface area (Å²) in [6.07, 6.45) is 1.71. The Morgan fingerprint density at radius 2 is 1.88 bits per heavy atom. The Labute approximate surface area is 144 Å². The number of aromatic nitrogens is 2. The van der Waals surface area contributed by atoms with E-state index >= 15 is 0 Å². The number of para-hydroxylation sites is 1. The van der Waals surface area contributed by atoms with Crippen molar-refractivity contribution >= 4 is 33.4 Å². The summed E-state index contributed by atoms with van der Waals surface area (Å²) in [6.45, 7) is 0. The lowest BCUT2D eigenvalue weighted by Gasteiger charge is -2.08. The number of benzene rings is 2. The number of hydrogen-bond acceptors (Lipinski definition) is 4. The van der Waals surface area contributed by atoms with Crippen molar-refractivity contribution in [2.24, 2.45) is 0 Å². The lowest BCUT2D eigenvalue weighted by molar-refractivity contribution is 0.102. The molecule has 1 amide bonds. The van der Waals surface area contributed by atoms with Crippen molar-refractivity contribution < 1.29 is 9.53 Å². The zero-order chi connectivity index (χ0) is 17.2. The van der Waals surface area contributed by atoms with Gasteiger partial charge < -0.3 is 10.1 Å². The van der Waals surface area contributed by atoms with Crippen LogP contribution in [0.1, 0.15) is 10.5 Å². The zero-order valence-corrected chi connectivity index (χ0v) is 13.6. The molecule has 122 valence electrons. The lowest BCUT2D eigenvalue weighted by atomic mass is 10.1. The molecule has 4 aromatic rings. The zero-order valence-electron chi connectivity index (χ0n) is 13.6. The third kappa shape index (κ3) is 2.87. The molecule has 5 nitrogen and oxygen atoms in total. The number of nitrogens with one attached hydrogen (secondary N) is 1. The molecule has 1 N–H and O–H groups in total. The third-order valence-electron chi connectivity index (χ3n) is 4.01. The minimum Gasteiger partial charge on any atom is -0.497 e. The SMILES string of the molecule is COc1ccc2nc(C(=O)Nc3cccc4cccnc34)ccc2c1. The van der Waals surface area contributed by atoms with Crippen molar-refractivity contribution in [3.05, 3.63) is 72.6 Å². The van der Waals surface area contributed by atoms with Gasteiger partial charge in [0.2, 0.25) is 0 Å². The van der Waals surface area contributed by atoms with Gasteiger partial charge in [0.15, 0.2) is 0 Å². The van der Waals surface area contributed by atoms with Crippen LogP contribution in [0.25, 0.3) is 21.8 Å². The van der Waals surface area contributed by atoms with E-state index in [4.69, 9.17) is 4.74 Å². The molecule has 0 saturated carbocycles. The number of methoxy groups -OCH3 is 1. The number of carbonyl (C=O) groups is 1. The van der Waals surface area contributed by atoms with E-state index in [-0.39, 0.29) is 5.91 Å². The van der Waals surface area contributed by atoms with Crippen LogP contribution in [0.15, 0.2) is 66.9 Å². The molecule has 2 aromatic heterocycles. The Morgan fingerprint density at radius 3 is 2.76 bits per heavy atom. The molecule has 0 saturated heterocycles. The molecular formula is C20H15N3O2. The van der Waals surface area contributed by atoms with Gasteiger partial charge in [-0.3, -0.25) is 9.78 Å². The van der Waals surface area contributed by atoms with Gasteiger partial charge in [-0.25, -0.2) is 4.98 Å². The standard InChI is InChI=1S/C20H15N3O2/c1-25-15-8-10-16-14(12-15)7-9-18(22-16)20(24)23-17-6-2-4-13-5-3-11-21-19(13)17/h2-12H,1H3,(H,23,24). The second kappa shape index (κ2) is 6.20. The van der Waals surface area contributed by atoms with Crippen molar-refractivity contribution in [3.63, 3.8) is 0 Å². The summed E-state index contributed by atoms with van der Waals surface area (Å²) in [6, 6.07) is 18.6. The monoisotopic (exact) mass is 329 g/mol. The highest BCUT2D eigenvalue weighted by Gasteiger charge is 2.11. The molecule has 0 atom stereocenters. The van der Waals surface area contributed by atoms with E-state index in [1.54, 1.807) is 19.4 Å². The van der Waals surface area contributed by atoms with Crippen LogP contribution in [-0.4, -0.2) is 23.0 Å². The first-order chi connectivity index (χ1) is 12.2. The van der Waals surface area contributed by atoms with E-state index in [1.165, 1.54) is 0 Å². The van der Waals surface area contributed by atoms with Crippen LogP contribution in [0.2, 0.25) is 0 Å². The number of hydrogen-bond donors (Lipinski definition) is 1. The minimum atomic E-state index is -0.268. The van der Waals surface area contributed by atoms with Crippen LogP contribution in [0.4, 0.5) is 5.69 Å². The van der Waals surface area contributed by atoms with E-state index in [0.717, 1.165) is 27.6 Å². The van der Waals surface area contributed by atoms with Gasteiger partial charge in [0.1, 0.15) is 11.4 Å². The molecule has 0 radical (unpaired) electrons. The van der Waals surface area contributed by atoms with Crippen LogP contribution >= 0.6 is 0 Å². The Morgan fingerprint density at radius 1 is 1.00 bits per heavy atom. The number of rotatable bonds is 3. The third-order valence-corrected chi connectivity index (χ3v) is 4.01. The molecule has 0 fully saturated rings. The molecule has 4 rings (SSSR count). The van der Waals surface area contributed by atoms with Gasteiger partial charge in [-0.15, -0.1) is 0 Å². The van der Waals surface area contributed by atoms with Gasteiger partial charge in [-0.05, 0) is 36.4 Å². The Balaban J connectivity index is 1.67. The number of anilines is 1. The summed E-state index contributed by atoms with van der Waals surface area (Å²) in [5.74, 6) is 0.490. The van der Waals surface area contributed by atoms with Crippen molar-refractivity contribution in [2.45, 2.75) is 0 Å². The van der Waals surface area contributed by atoms with E-state index in [0.29, 0.717) is 11.4 Å². The van der Waals surface area contributed by atoms with Gasteiger partial charge in [0, 0.05) is 17.0 Å². The summed E-state index contributed by atoms with van der Waals surface area (Å²) in [5, 5.41) is 4.79. The number of ether oxygens (including phenoxy) is 1. The fourth-order valence-corrected chi connectivity index (χ4v) is 2.75. The molecule has 0 unspecified atom stereocenters. The summed E-state index contributed by atoms with van der Waals surface area (Å²) >= 11 is 0. The number of nitrogens with zero attached hydrogens (tertiary/aromatic N) is 2. The largest absolute Gasteiger partial charge is 0.497 e. The quantitative estimate of drug-likeness (QED) is 0.616. The van der Waals surface area contributed by atoms with Gasteiger partial charge in [0.25, 0.3) is 5.91 Å². The summed E-state index contributed by atoms with van der Waals surface area (Å²) in [4.78, 5) is 21.4. The lowest BCUT2D eigenvalue weighted by Crippen LogP contribution is -2.14. The molecule has 0 aliphatic carbocycles. The summed E-state index contributed by atoms with van der Waals surface area (Å²) in [5.41, 5.74) is 2.51. The van der Waals surface area contributed by atoms with Crippen molar-refractivity contribution in [3.8, 4) is 5.75 Å². The molecule has 5 heteroatoms. The molecule has 2 aromatic carbocycles. The van der Waals surface area contributed by atoms with Crippen LogP contribution < -0.4 is 10.1 Å². The van der Waals surface area contributed by atoms with Crippen molar-refractivity contribution in [1.29, 1.82) is 0 Å². The number of amides is 1. The van der Waals surface area contributed by atoms with Crippen LogP contribution in [0, 0.1) is 0 Å². The highest BCUT2D eigenvalue weighted by molar-refractivity contribution is 6.08. The topological polar surface area (TPSA) is 64.1 Å². The summed E-state index contributed by atoms with van der Waals surface area (Å²) in [7, 11) is 1.62. The Kier molecular flexibility index (Phi) is 3.74. The fourth-order valence-electron chi connectivity index (χ4n) is 2.75. The number of carbonyl (C=O) groups excluding carboxylic acids is 1. The van der Waals surface area contributed by atoms with E-state index in [9.17, 15) is 4.79 Å².